The number of thiazole rings is 1. The van der Waals surface area contributed by atoms with Crippen LogP contribution < -0.4 is 5.32 Å². The highest BCUT2D eigenvalue weighted by molar-refractivity contribution is 7.12. The molecule has 1 aliphatic carbocycles. The predicted octanol–water partition coefficient (Wildman–Crippen LogP) is 3.12. The standard InChI is InChI=1S/C17H26N2O2S/c1-17(2,3)16-18-10-14(22-16)8-9-15(21)19-13-6-4-12(11-20)5-7-13/h8-10,12-13,20H,4-7,11H2,1-3H3,(H,19,21)/b9-8+. The van der Waals surface area contributed by atoms with Crippen molar-refractivity contribution in [2.45, 2.75) is 57.9 Å². The molecule has 0 unspecified atom stereocenters. The summed E-state index contributed by atoms with van der Waals surface area (Å²) in [7, 11) is 0. The van der Waals surface area contributed by atoms with Crippen LogP contribution in [0.15, 0.2) is 12.3 Å². The molecule has 0 aliphatic heterocycles. The maximum Gasteiger partial charge on any atom is 0.244 e. The van der Waals surface area contributed by atoms with Gasteiger partial charge in [0, 0.05) is 35.2 Å². The fraction of sp³-hybridized carbons (Fsp3) is 0.647. The van der Waals surface area contributed by atoms with Gasteiger partial charge >= 0.3 is 0 Å². The fourth-order valence-corrected chi connectivity index (χ4v) is 3.48. The molecular weight excluding hydrogens is 296 g/mol. The first-order chi connectivity index (χ1) is 10.4. The number of aliphatic hydroxyl groups excluding tert-OH is 1. The molecule has 2 N–H and O–H groups in total. The molecule has 122 valence electrons. The molecule has 1 fully saturated rings. The van der Waals surface area contributed by atoms with Gasteiger partial charge in [-0.3, -0.25) is 4.79 Å². The molecule has 0 saturated heterocycles. The molecule has 0 bridgehead atoms. The van der Waals surface area contributed by atoms with Crippen molar-refractivity contribution in [1.82, 2.24) is 10.3 Å². The molecule has 0 radical (unpaired) electrons. The minimum atomic E-state index is -0.0434. The molecule has 2 rings (SSSR count). The third-order valence-electron chi connectivity index (χ3n) is 4.02. The van der Waals surface area contributed by atoms with Crippen molar-refractivity contribution in [2.75, 3.05) is 6.61 Å². The Labute approximate surface area is 136 Å². The second kappa shape index (κ2) is 7.38. The van der Waals surface area contributed by atoms with E-state index in [9.17, 15) is 4.79 Å². The number of nitrogens with one attached hydrogen (secondary N) is 1. The Morgan fingerprint density at radius 3 is 2.64 bits per heavy atom. The van der Waals surface area contributed by atoms with Gasteiger partial charge in [0.15, 0.2) is 0 Å². The summed E-state index contributed by atoms with van der Waals surface area (Å²) in [5, 5.41) is 13.3. The molecule has 5 heteroatoms. The Bertz CT molecular complexity index is 523. The maximum absolute atomic E-state index is 12.0. The Kier molecular flexibility index (Phi) is 5.75. The van der Waals surface area contributed by atoms with Gasteiger partial charge in [0.1, 0.15) is 0 Å². The first-order valence-corrected chi connectivity index (χ1v) is 8.76. The zero-order valence-electron chi connectivity index (χ0n) is 13.6. The van der Waals surface area contributed by atoms with Crippen LogP contribution in [0.4, 0.5) is 0 Å². The first-order valence-electron chi connectivity index (χ1n) is 7.94. The molecule has 1 aliphatic rings. The Morgan fingerprint density at radius 1 is 1.41 bits per heavy atom. The lowest BCUT2D eigenvalue weighted by Gasteiger charge is -2.27. The molecule has 1 aromatic heterocycles. The van der Waals surface area contributed by atoms with E-state index < -0.39 is 0 Å². The fourth-order valence-electron chi connectivity index (χ4n) is 2.61. The lowest BCUT2D eigenvalue weighted by Crippen LogP contribution is -2.37. The van der Waals surface area contributed by atoms with Gasteiger partial charge in [-0.2, -0.15) is 0 Å². The van der Waals surface area contributed by atoms with Crippen molar-refractivity contribution in [3.8, 4) is 0 Å². The van der Waals surface area contributed by atoms with Crippen LogP contribution in [-0.4, -0.2) is 28.6 Å². The molecule has 0 aromatic carbocycles. The highest BCUT2D eigenvalue weighted by Gasteiger charge is 2.21. The summed E-state index contributed by atoms with van der Waals surface area (Å²) in [6.45, 7) is 6.67. The van der Waals surface area contributed by atoms with E-state index in [4.69, 9.17) is 5.11 Å². The van der Waals surface area contributed by atoms with E-state index in [-0.39, 0.29) is 24.0 Å². The third kappa shape index (κ3) is 4.92. The lowest BCUT2D eigenvalue weighted by atomic mass is 9.86. The van der Waals surface area contributed by atoms with Crippen LogP contribution in [0.2, 0.25) is 0 Å². The molecule has 1 amide bonds. The number of carbonyl (C=O) groups excluding carboxylic acids is 1. The normalized spacial score (nSPS) is 22.9. The maximum atomic E-state index is 12.0. The summed E-state index contributed by atoms with van der Waals surface area (Å²) < 4.78 is 0. The molecule has 0 atom stereocenters. The van der Waals surface area contributed by atoms with Gasteiger partial charge in [-0.25, -0.2) is 4.98 Å². The van der Waals surface area contributed by atoms with Crippen LogP contribution in [0.3, 0.4) is 0 Å². The number of hydrogen-bond acceptors (Lipinski definition) is 4. The number of carbonyl (C=O) groups is 1. The minimum Gasteiger partial charge on any atom is -0.396 e. The van der Waals surface area contributed by atoms with E-state index >= 15 is 0 Å². The summed E-state index contributed by atoms with van der Waals surface area (Å²) in [6.07, 6.45) is 9.16. The average molecular weight is 322 g/mol. The van der Waals surface area contributed by atoms with Gasteiger partial charge in [0.2, 0.25) is 5.91 Å². The summed E-state index contributed by atoms with van der Waals surface area (Å²) >= 11 is 1.63. The molecule has 4 nitrogen and oxygen atoms in total. The number of aromatic nitrogens is 1. The highest BCUT2D eigenvalue weighted by atomic mass is 32.1. The van der Waals surface area contributed by atoms with E-state index in [1.165, 1.54) is 0 Å². The van der Waals surface area contributed by atoms with Crippen LogP contribution in [0, 0.1) is 5.92 Å². The number of amides is 1. The van der Waals surface area contributed by atoms with Gasteiger partial charge in [-0.05, 0) is 37.7 Å². The van der Waals surface area contributed by atoms with Crippen molar-refractivity contribution >= 4 is 23.3 Å². The van der Waals surface area contributed by atoms with Crippen molar-refractivity contribution in [3.05, 3.63) is 22.2 Å². The molecule has 22 heavy (non-hydrogen) atoms. The van der Waals surface area contributed by atoms with E-state index in [0.29, 0.717) is 5.92 Å². The number of aliphatic hydroxyl groups is 1. The Balaban J connectivity index is 1.83. The van der Waals surface area contributed by atoms with Crippen molar-refractivity contribution in [2.24, 2.45) is 5.92 Å². The predicted molar refractivity (Wildman–Crippen MR) is 90.8 cm³/mol. The zero-order valence-corrected chi connectivity index (χ0v) is 14.4. The van der Waals surface area contributed by atoms with Gasteiger partial charge in [-0.15, -0.1) is 11.3 Å². The van der Waals surface area contributed by atoms with Crippen molar-refractivity contribution in [1.29, 1.82) is 0 Å². The van der Waals surface area contributed by atoms with Crippen molar-refractivity contribution < 1.29 is 9.90 Å². The monoisotopic (exact) mass is 322 g/mol. The van der Waals surface area contributed by atoms with Crippen molar-refractivity contribution in [3.63, 3.8) is 0 Å². The second-order valence-electron chi connectivity index (χ2n) is 7.06. The van der Waals surface area contributed by atoms with Gasteiger partial charge in [0.25, 0.3) is 0 Å². The van der Waals surface area contributed by atoms with Gasteiger partial charge in [0.05, 0.1) is 5.01 Å². The molecule has 0 spiro atoms. The summed E-state index contributed by atoms with van der Waals surface area (Å²) in [5.74, 6) is 0.370. The third-order valence-corrected chi connectivity index (χ3v) is 5.40. The summed E-state index contributed by atoms with van der Waals surface area (Å²) in [5.41, 5.74) is 0.0460. The van der Waals surface area contributed by atoms with Gasteiger partial charge < -0.3 is 10.4 Å². The molecule has 1 saturated carbocycles. The summed E-state index contributed by atoms with van der Waals surface area (Å²) in [6, 6.07) is 0.242. The zero-order chi connectivity index (χ0) is 16.2. The second-order valence-corrected chi connectivity index (χ2v) is 8.12. The quantitative estimate of drug-likeness (QED) is 0.837. The Hall–Kier alpha value is -1.20. The van der Waals surface area contributed by atoms with E-state index in [2.05, 4.69) is 31.1 Å². The summed E-state index contributed by atoms with van der Waals surface area (Å²) in [4.78, 5) is 17.4. The number of hydrogen-bond donors (Lipinski definition) is 2. The van der Waals surface area contributed by atoms with Gasteiger partial charge in [-0.1, -0.05) is 20.8 Å². The highest BCUT2D eigenvalue weighted by Crippen LogP contribution is 2.27. The Morgan fingerprint density at radius 2 is 2.09 bits per heavy atom. The van der Waals surface area contributed by atoms with E-state index in [1.54, 1.807) is 17.4 Å². The smallest absolute Gasteiger partial charge is 0.244 e. The minimum absolute atomic E-state index is 0.0434. The average Bonchev–Trinajstić information content (AvgIpc) is 2.95. The molecule has 1 heterocycles. The van der Waals surface area contributed by atoms with Crippen LogP contribution in [-0.2, 0) is 10.2 Å². The van der Waals surface area contributed by atoms with E-state index in [1.807, 2.05) is 12.3 Å². The van der Waals surface area contributed by atoms with Crippen LogP contribution in [0.5, 0.6) is 0 Å². The number of nitrogens with zero attached hydrogens (tertiary/aromatic N) is 1. The van der Waals surface area contributed by atoms with Crippen LogP contribution in [0.25, 0.3) is 6.08 Å². The van der Waals surface area contributed by atoms with Crippen LogP contribution in [0.1, 0.15) is 56.3 Å². The van der Waals surface area contributed by atoms with E-state index in [0.717, 1.165) is 35.6 Å². The molecular formula is C17H26N2O2S. The van der Waals surface area contributed by atoms with Crippen LogP contribution >= 0.6 is 11.3 Å². The largest absolute Gasteiger partial charge is 0.396 e. The lowest BCUT2D eigenvalue weighted by molar-refractivity contribution is -0.117. The number of rotatable bonds is 4. The SMILES string of the molecule is CC(C)(C)c1ncc(/C=C/C(=O)NC2CCC(CO)CC2)s1. The first kappa shape index (κ1) is 17.2. The molecule has 1 aromatic rings. The topological polar surface area (TPSA) is 62.2 Å².